The van der Waals surface area contributed by atoms with Crippen molar-refractivity contribution in [1.82, 2.24) is 14.0 Å². The molecule has 7 heteroatoms. The molecule has 1 amide bonds. The molecule has 0 spiro atoms. The Balaban J connectivity index is 1.42. The van der Waals surface area contributed by atoms with Gasteiger partial charge in [0.1, 0.15) is 4.70 Å². The molecular weight excluding hydrogens is 374 g/mol. The Hall–Kier alpha value is -1.89. The first-order valence-electron chi connectivity index (χ1n) is 10.5. The number of aromatic nitrogens is 2. The van der Waals surface area contributed by atoms with Crippen molar-refractivity contribution in [2.75, 3.05) is 13.1 Å². The van der Waals surface area contributed by atoms with E-state index in [9.17, 15) is 14.4 Å². The average molecular weight is 404 g/mol. The van der Waals surface area contributed by atoms with Crippen molar-refractivity contribution >= 4 is 27.5 Å². The van der Waals surface area contributed by atoms with Crippen molar-refractivity contribution in [2.45, 2.75) is 57.9 Å². The van der Waals surface area contributed by atoms with Gasteiger partial charge in [-0.3, -0.25) is 18.7 Å². The van der Waals surface area contributed by atoms with E-state index in [1.54, 1.807) is 11.6 Å². The van der Waals surface area contributed by atoms with Crippen molar-refractivity contribution in [3.63, 3.8) is 0 Å². The molecule has 1 aliphatic carbocycles. The Morgan fingerprint density at radius 2 is 1.75 bits per heavy atom. The third kappa shape index (κ3) is 3.69. The lowest BCUT2D eigenvalue weighted by molar-refractivity contribution is -0.136. The zero-order chi connectivity index (χ0) is 19.7. The van der Waals surface area contributed by atoms with Gasteiger partial charge in [-0.05, 0) is 55.9 Å². The first-order valence-corrected chi connectivity index (χ1v) is 11.4. The summed E-state index contributed by atoms with van der Waals surface area (Å²) in [6, 6.07) is 1.83. The molecule has 0 unspecified atom stereocenters. The lowest BCUT2D eigenvalue weighted by Gasteiger charge is -2.32. The molecule has 152 valence electrons. The maximum absolute atomic E-state index is 12.9. The summed E-state index contributed by atoms with van der Waals surface area (Å²) in [5.74, 6) is 0.734. The fourth-order valence-electron chi connectivity index (χ4n) is 4.78. The topological polar surface area (TPSA) is 64.3 Å². The number of thiophene rings is 1. The Kier molecular flexibility index (Phi) is 5.71. The minimum atomic E-state index is -0.237. The Bertz CT molecular complexity index is 957. The summed E-state index contributed by atoms with van der Waals surface area (Å²) in [7, 11) is 1.73. The number of nitrogens with zero attached hydrogens (tertiary/aromatic N) is 3. The lowest BCUT2D eigenvalue weighted by atomic mass is 9.81. The van der Waals surface area contributed by atoms with Crippen molar-refractivity contribution < 1.29 is 4.79 Å². The van der Waals surface area contributed by atoms with Gasteiger partial charge in [0.25, 0.3) is 5.56 Å². The SMILES string of the molecule is Cn1c(=O)n(CC2CCC(C(=O)N3CCCCCC3)CC2)c(=O)c2sccc21. The molecule has 0 N–H and O–H groups in total. The molecule has 0 bridgehead atoms. The number of hydrogen-bond acceptors (Lipinski definition) is 4. The standard InChI is InChI=1S/C21H29N3O3S/c1-22-17-10-13-28-18(17)20(26)24(21(22)27)14-15-6-8-16(9-7-15)19(25)23-11-4-2-3-5-12-23/h10,13,15-16H,2-9,11-12,14H2,1H3. The molecule has 4 rings (SSSR count). The van der Waals surface area contributed by atoms with Crippen LogP contribution in [-0.4, -0.2) is 33.0 Å². The van der Waals surface area contributed by atoms with Crippen LogP contribution in [0, 0.1) is 11.8 Å². The van der Waals surface area contributed by atoms with Crippen LogP contribution in [0.15, 0.2) is 21.0 Å². The number of amides is 1. The average Bonchev–Trinajstić information content (AvgIpc) is 3.05. The number of rotatable bonds is 3. The van der Waals surface area contributed by atoms with Gasteiger partial charge < -0.3 is 4.90 Å². The minimum Gasteiger partial charge on any atom is -0.342 e. The van der Waals surface area contributed by atoms with Crippen LogP contribution in [0.4, 0.5) is 0 Å². The van der Waals surface area contributed by atoms with Gasteiger partial charge >= 0.3 is 5.69 Å². The van der Waals surface area contributed by atoms with Gasteiger partial charge in [0.2, 0.25) is 5.91 Å². The normalized spacial score (nSPS) is 23.7. The van der Waals surface area contributed by atoms with E-state index in [-0.39, 0.29) is 23.1 Å². The second-order valence-corrected chi connectivity index (χ2v) is 9.27. The van der Waals surface area contributed by atoms with E-state index in [0.29, 0.717) is 22.7 Å². The number of carbonyl (C=O) groups is 1. The molecule has 1 saturated carbocycles. The quantitative estimate of drug-likeness (QED) is 0.791. The number of carbonyl (C=O) groups excluding carboxylic acids is 1. The second kappa shape index (κ2) is 8.23. The maximum atomic E-state index is 12.9. The van der Waals surface area contributed by atoms with Crippen LogP contribution < -0.4 is 11.2 Å². The summed E-state index contributed by atoms with van der Waals surface area (Å²) in [4.78, 5) is 40.3. The molecule has 1 saturated heterocycles. The van der Waals surface area contributed by atoms with E-state index < -0.39 is 0 Å². The first kappa shape index (κ1) is 19.4. The van der Waals surface area contributed by atoms with Crippen molar-refractivity contribution in [1.29, 1.82) is 0 Å². The summed E-state index contributed by atoms with van der Waals surface area (Å²) in [5, 5.41) is 1.86. The summed E-state index contributed by atoms with van der Waals surface area (Å²) in [6.07, 6.45) is 8.26. The molecule has 0 aromatic carbocycles. The zero-order valence-corrected chi connectivity index (χ0v) is 17.4. The molecule has 28 heavy (non-hydrogen) atoms. The van der Waals surface area contributed by atoms with Gasteiger partial charge in [-0.25, -0.2) is 4.79 Å². The fraction of sp³-hybridized carbons (Fsp3) is 0.667. The number of fused-ring (bicyclic) bond motifs is 1. The fourth-order valence-corrected chi connectivity index (χ4v) is 5.65. The van der Waals surface area contributed by atoms with E-state index in [1.165, 1.54) is 28.7 Å². The molecule has 1 aliphatic heterocycles. The van der Waals surface area contributed by atoms with E-state index in [0.717, 1.165) is 51.6 Å². The van der Waals surface area contributed by atoms with Gasteiger partial charge in [0.15, 0.2) is 0 Å². The van der Waals surface area contributed by atoms with Crippen LogP contribution in [0.25, 0.3) is 10.2 Å². The molecule has 0 radical (unpaired) electrons. The molecule has 2 aliphatic rings. The predicted octanol–water partition coefficient (Wildman–Crippen LogP) is 2.97. The highest BCUT2D eigenvalue weighted by atomic mass is 32.1. The first-order chi connectivity index (χ1) is 13.6. The van der Waals surface area contributed by atoms with E-state index in [1.807, 2.05) is 11.4 Å². The number of aryl methyl sites for hydroxylation is 1. The molecule has 0 atom stereocenters. The van der Waals surface area contributed by atoms with Gasteiger partial charge in [-0.2, -0.15) is 0 Å². The highest BCUT2D eigenvalue weighted by molar-refractivity contribution is 7.17. The van der Waals surface area contributed by atoms with Crippen molar-refractivity contribution in [3.8, 4) is 0 Å². The van der Waals surface area contributed by atoms with Crippen LogP contribution in [0.2, 0.25) is 0 Å². The Morgan fingerprint density at radius 3 is 2.43 bits per heavy atom. The van der Waals surface area contributed by atoms with Crippen LogP contribution in [-0.2, 0) is 18.4 Å². The predicted molar refractivity (Wildman–Crippen MR) is 112 cm³/mol. The smallest absolute Gasteiger partial charge is 0.331 e. The van der Waals surface area contributed by atoms with Gasteiger partial charge in [0, 0.05) is 32.6 Å². The molecule has 2 fully saturated rings. The largest absolute Gasteiger partial charge is 0.342 e. The summed E-state index contributed by atoms with van der Waals surface area (Å²) in [6.45, 7) is 2.28. The minimum absolute atomic E-state index is 0.119. The van der Waals surface area contributed by atoms with Crippen LogP contribution in [0.5, 0.6) is 0 Å². The molecule has 2 aromatic heterocycles. The zero-order valence-electron chi connectivity index (χ0n) is 16.6. The number of likely N-dealkylation sites (tertiary alicyclic amines) is 1. The summed E-state index contributed by atoms with van der Waals surface area (Å²) in [5.41, 5.74) is 0.303. The van der Waals surface area contributed by atoms with Crippen LogP contribution >= 0.6 is 11.3 Å². The molecular formula is C21H29N3O3S. The summed E-state index contributed by atoms with van der Waals surface area (Å²) < 4.78 is 3.62. The highest BCUT2D eigenvalue weighted by Gasteiger charge is 2.30. The Morgan fingerprint density at radius 1 is 1.07 bits per heavy atom. The third-order valence-corrected chi connectivity index (χ3v) is 7.41. The van der Waals surface area contributed by atoms with E-state index >= 15 is 0 Å². The highest BCUT2D eigenvalue weighted by Crippen LogP contribution is 2.31. The van der Waals surface area contributed by atoms with Crippen LogP contribution in [0.3, 0.4) is 0 Å². The Labute approximate surface area is 168 Å². The number of hydrogen-bond donors (Lipinski definition) is 0. The van der Waals surface area contributed by atoms with Gasteiger partial charge in [-0.1, -0.05) is 12.8 Å². The van der Waals surface area contributed by atoms with Crippen LogP contribution in [0.1, 0.15) is 51.4 Å². The van der Waals surface area contributed by atoms with Crippen molar-refractivity contribution in [3.05, 3.63) is 32.3 Å². The van der Waals surface area contributed by atoms with Crippen molar-refractivity contribution in [2.24, 2.45) is 18.9 Å². The van der Waals surface area contributed by atoms with Gasteiger partial charge in [-0.15, -0.1) is 11.3 Å². The third-order valence-electron chi connectivity index (χ3n) is 6.52. The lowest BCUT2D eigenvalue weighted by Crippen LogP contribution is -2.42. The monoisotopic (exact) mass is 403 g/mol. The molecule has 6 nitrogen and oxygen atoms in total. The van der Waals surface area contributed by atoms with E-state index in [2.05, 4.69) is 4.90 Å². The molecule has 3 heterocycles. The molecule has 2 aromatic rings. The summed E-state index contributed by atoms with van der Waals surface area (Å²) >= 11 is 1.39. The second-order valence-electron chi connectivity index (χ2n) is 8.35. The maximum Gasteiger partial charge on any atom is 0.331 e. The van der Waals surface area contributed by atoms with E-state index in [4.69, 9.17) is 0 Å². The van der Waals surface area contributed by atoms with Gasteiger partial charge in [0.05, 0.1) is 5.52 Å².